The quantitative estimate of drug-likeness (QED) is 0.702. The Morgan fingerprint density at radius 1 is 1.25 bits per heavy atom. The van der Waals surface area contributed by atoms with Crippen molar-refractivity contribution in [1.29, 1.82) is 0 Å². The van der Waals surface area contributed by atoms with Crippen LogP contribution in [-0.4, -0.2) is 62.2 Å². The van der Waals surface area contributed by atoms with Crippen molar-refractivity contribution in [2.24, 2.45) is 11.7 Å². The van der Waals surface area contributed by atoms with Crippen molar-refractivity contribution < 1.29 is 18.0 Å². The van der Waals surface area contributed by atoms with Gasteiger partial charge in [-0.3, -0.25) is 9.59 Å². The van der Waals surface area contributed by atoms with Crippen LogP contribution in [0.25, 0.3) is 0 Å². The molecule has 28 heavy (non-hydrogen) atoms. The van der Waals surface area contributed by atoms with Crippen molar-refractivity contribution in [3.05, 3.63) is 24.3 Å². The number of nitrogens with zero attached hydrogens (tertiary/aromatic N) is 2. The average Bonchev–Trinajstić information content (AvgIpc) is 2.61. The molecular formula is C18H29ClN4O4S. The molecule has 2 amide bonds. The molecule has 1 saturated heterocycles. The molecule has 0 aliphatic carbocycles. The van der Waals surface area contributed by atoms with Gasteiger partial charge in [0.15, 0.2) is 0 Å². The molecule has 3 N–H and O–H groups in total. The summed E-state index contributed by atoms with van der Waals surface area (Å²) in [5.74, 6) is -0.0437. The van der Waals surface area contributed by atoms with E-state index in [0.717, 1.165) is 17.1 Å². The Labute approximate surface area is 172 Å². The van der Waals surface area contributed by atoms with Gasteiger partial charge in [0.2, 0.25) is 21.8 Å². The Balaban J connectivity index is 0.00000392. The number of hydrogen-bond acceptors (Lipinski definition) is 5. The number of piperidine rings is 1. The summed E-state index contributed by atoms with van der Waals surface area (Å²) >= 11 is 0. The number of amides is 2. The number of anilines is 1. The van der Waals surface area contributed by atoms with E-state index in [0.29, 0.717) is 24.7 Å². The lowest BCUT2D eigenvalue weighted by atomic mass is 9.91. The van der Waals surface area contributed by atoms with Crippen molar-refractivity contribution in [3.8, 4) is 0 Å². The second-order valence-corrected chi connectivity index (χ2v) is 9.09. The normalized spacial score (nSPS) is 16.4. The van der Waals surface area contributed by atoms with Crippen LogP contribution in [0.4, 0.5) is 5.69 Å². The van der Waals surface area contributed by atoms with Crippen molar-refractivity contribution >= 4 is 39.9 Å². The summed E-state index contributed by atoms with van der Waals surface area (Å²) in [6.45, 7) is 4.34. The molecule has 0 spiro atoms. The van der Waals surface area contributed by atoms with Gasteiger partial charge in [-0.1, -0.05) is 0 Å². The lowest BCUT2D eigenvalue weighted by Crippen LogP contribution is -2.46. The molecule has 2 rings (SSSR count). The van der Waals surface area contributed by atoms with Crippen molar-refractivity contribution in [2.75, 3.05) is 32.0 Å². The molecule has 1 aliphatic heterocycles. The summed E-state index contributed by atoms with van der Waals surface area (Å²) in [6.07, 6.45) is 1.68. The van der Waals surface area contributed by atoms with E-state index in [4.69, 9.17) is 5.73 Å². The van der Waals surface area contributed by atoms with Crippen LogP contribution in [0.5, 0.6) is 0 Å². The van der Waals surface area contributed by atoms with E-state index in [1.807, 2.05) is 6.92 Å². The lowest BCUT2D eigenvalue weighted by molar-refractivity contribution is -0.132. The van der Waals surface area contributed by atoms with Gasteiger partial charge in [0, 0.05) is 38.8 Å². The maximum atomic E-state index is 12.7. The number of hydrogen-bond donors (Lipinski definition) is 2. The van der Waals surface area contributed by atoms with Crippen LogP contribution >= 0.6 is 12.4 Å². The van der Waals surface area contributed by atoms with Crippen LogP contribution in [0.2, 0.25) is 0 Å². The first kappa shape index (κ1) is 24.4. The smallest absolute Gasteiger partial charge is 0.243 e. The van der Waals surface area contributed by atoms with Crippen molar-refractivity contribution in [1.82, 2.24) is 9.21 Å². The highest BCUT2D eigenvalue weighted by atomic mass is 35.5. The molecule has 0 saturated carbocycles. The molecule has 8 nitrogen and oxygen atoms in total. The molecule has 1 atom stereocenters. The highest BCUT2D eigenvalue weighted by molar-refractivity contribution is 7.89. The van der Waals surface area contributed by atoms with E-state index in [9.17, 15) is 18.0 Å². The van der Waals surface area contributed by atoms with Gasteiger partial charge in [0.05, 0.1) is 11.4 Å². The molecule has 158 valence electrons. The summed E-state index contributed by atoms with van der Waals surface area (Å²) in [5, 5.41) is 2.58. The molecule has 10 heteroatoms. The molecule has 1 unspecified atom stereocenters. The van der Waals surface area contributed by atoms with E-state index < -0.39 is 10.0 Å². The summed E-state index contributed by atoms with van der Waals surface area (Å²) in [6, 6.07) is 5.96. The van der Waals surface area contributed by atoms with Crippen molar-refractivity contribution in [3.63, 3.8) is 0 Å². The first-order valence-electron chi connectivity index (χ1n) is 8.98. The van der Waals surface area contributed by atoms with Crippen LogP contribution in [0, 0.1) is 5.92 Å². The van der Waals surface area contributed by atoms with E-state index in [1.165, 1.54) is 38.2 Å². The Bertz CT molecular complexity index is 775. The largest absolute Gasteiger partial charge is 0.342 e. The second-order valence-electron chi connectivity index (χ2n) is 7.04. The van der Waals surface area contributed by atoms with Gasteiger partial charge in [0.25, 0.3) is 0 Å². The predicted molar refractivity (Wildman–Crippen MR) is 111 cm³/mol. The van der Waals surface area contributed by atoms with Gasteiger partial charge in [-0.25, -0.2) is 8.42 Å². The molecule has 1 aliphatic rings. The zero-order chi connectivity index (χ0) is 20.2. The highest BCUT2D eigenvalue weighted by Gasteiger charge is 2.28. The number of carbonyl (C=O) groups excluding carboxylic acids is 2. The van der Waals surface area contributed by atoms with Gasteiger partial charge < -0.3 is 16.0 Å². The number of nitrogens with two attached hydrogens (primary N) is 1. The SMILES string of the molecule is CC(=O)Nc1ccc(S(=O)(=O)N(C)CC(=O)N2CCC(C(C)N)CC2)cc1.Cl. The summed E-state index contributed by atoms with van der Waals surface area (Å²) < 4.78 is 26.4. The Morgan fingerprint density at radius 3 is 2.25 bits per heavy atom. The zero-order valence-electron chi connectivity index (χ0n) is 16.4. The van der Waals surface area contributed by atoms with E-state index in [1.54, 1.807) is 4.90 Å². The minimum absolute atomic E-state index is 0. The maximum absolute atomic E-state index is 12.7. The Hall–Kier alpha value is -1.68. The second kappa shape index (κ2) is 10.2. The Morgan fingerprint density at radius 2 is 1.79 bits per heavy atom. The van der Waals surface area contributed by atoms with Crippen LogP contribution in [0.15, 0.2) is 29.2 Å². The van der Waals surface area contributed by atoms with E-state index in [-0.39, 0.29) is 41.7 Å². The van der Waals surface area contributed by atoms with Crippen LogP contribution in [0.1, 0.15) is 26.7 Å². The van der Waals surface area contributed by atoms with E-state index >= 15 is 0 Å². The fourth-order valence-electron chi connectivity index (χ4n) is 3.14. The van der Waals surface area contributed by atoms with Gasteiger partial charge in [-0.05, 0) is 49.9 Å². The zero-order valence-corrected chi connectivity index (χ0v) is 18.1. The number of nitrogens with one attached hydrogen (secondary N) is 1. The number of carbonyl (C=O) groups is 2. The number of likely N-dealkylation sites (tertiary alicyclic amines) is 1. The third kappa shape index (κ3) is 6.16. The third-order valence-corrected chi connectivity index (χ3v) is 6.69. The predicted octanol–water partition coefficient (Wildman–Crippen LogP) is 1.27. The highest BCUT2D eigenvalue weighted by Crippen LogP contribution is 2.21. The van der Waals surface area contributed by atoms with E-state index in [2.05, 4.69) is 5.32 Å². The summed E-state index contributed by atoms with van der Waals surface area (Å²) in [4.78, 5) is 25.3. The fraction of sp³-hybridized carbons (Fsp3) is 0.556. The molecule has 1 aromatic rings. The summed E-state index contributed by atoms with van der Waals surface area (Å²) in [7, 11) is -2.40. The molecule has 0 aromatic heterocycles. The van der Waals surface area contributed by atoms with Crippen LogP contribution < -0.4 is 11.1 Å². The average molecular weight is 433 g/mol. The number of benzene rings is 1. The maximum Gasteiger partial charge on any atom is 0.243 e. The lowest BCUT2D eigenvalue weighted by Gasteiger charge is -2.34. The van der Waals surface area contributed by atoms with Gasteiger partial charge in [-0.15, -0.1) is 12.4 Å². The van der Waals surface area contributed by atoms with Crippen LogP contribution in [-0.2, 0) is 19.6 Å². The molecule has 0 radical (unpaired) electrons. The summed E-state index contributed by atoms with van der Waals surface area (Å²) in [5.41, 5.74) is 6.43. The first-order valence-corrected chi connectivity index (χ1v) is 10.4. The standard InChI is InChI=1S/C18H28N4O4S.ClH/c1-13(19)15-8-10-22(11-9-15)18(24)12-21(3)27(25,26)17-6-4-16(5-7-17)20-14(2)23;/h4-7,13,15H,8-12,19H2,1-3H3,(H,20,23);1H. The van der Waals surface area contributed by atoms with Crippen LogP contribution in [0.3, 0.4) is 0 Å². The number of likely N-dealkylation sites (N-methyl/N-ethyl adjacent to an activating group) is 1. The minimum atomic E-state index is -3.79. The number of sulfonamides is 1. The number of rotatable bonds is 6. The first-order chi connectivity index (χ1) is 12.6. The molecule has 0 bridgehead atoms. The van der Waals surface area contributed by atoms with Gasteiger partial charge >= 0.3 is 0 Å². The molecule has 1 heterocycles. The van der Waals surface area contributed by atoms with Crippen molar-refractivity contribution in [2.45, 2.75) is 37.6 Å². The molecule has 1 aromatic carbocycles. The third-order valence-electron chi connectivity index (χ3n) is 4.88. The fourth-order valence-corrected chi connectivity index (χ4v) is 4.26. The molecular weight excluding hydrogens is 404 g/mol. The van der Waals surface area contributed by atoms with Gasteiger partial charge in [-0.2, -0.15) is 4.31 Å². The molecule has 1 fully saturated rings. The van der Waals surface area contributed by atoms with Gasteiger partial charge in [0.1, 0.15) is 0 Å². The minimum Gasteiger partial charge on any atom is -0.342 e. The number of halogens is 1. The topological polar surface area (TPSA) is 113 Å². The monoisotopic (exact) mass is 432 g/mol. The Kier molecular flexibility index (Phi) is 8.87.